The van der Waals surface area contributed by atoms with Crippen LogP contribution in [-0.2, 0) is 19.4 Å². The SMILES string of the molecule is CC(C)CCNC(=O)c1nc(C(=O)NCCc2ccccc2)c2n1CCCC2. The summed E-state index contributed by atoms with van der Waals surface area (Å²) in [4.78, 5) is 29.8. The molecule has 0 radical (unpaired) electrons. The number of aromatic nitrogens is 2. The van der Waals surface area contributed by atoms with E-state index >= 15 is 0 Å². The van der Waals surface area contributed by atoms with Crippen LogP contribution in [-0.4, -0.2) is 34.5 Å². The molecule has 0 spiro atoms. The second-order valence-electron chi connectivity index (χ2n) is 7.77. The van der Waals surface area contributed by atoms with Crippen LogP contribution in [0.2, 0.25) is 0 Å². The van der Waals surface area contributed by atoms with E-state index in [0.717, 1.165) is 44.3 Å². The largest absolute Gasteiger partial charge is 0.350 e. The summed E-state index contributed by atoms with van der Waals surface area (Å²) in [6, 6.07) is 10.1. The minimum Gasteiger partial charge on any atom is -0.350 e. The normalized spacial score (nSPS) is 13.2. The van der Waals surface area contributed by atoms with Gasteiger partial charge >= 0.3 is 0 Å². The molecule has 28 heavy (non-hydrogen) atoms. The summed E-state index contributed by atoms with van der Waals surface area (Å²) in [7, 11) is 0. The first-order valence-electron chi connectivity index (χ1n) is 10.3. The Morgan fingerprint density at radius 2 is 1.82 bits per heavy atom. The van der Waals surface area contributed by atoms with Gasteiger partial charge < -0.3 is 15.2 Å². The van der Waals surface area contributed by atoms with Crippen molar-refractivity contribution in [2.24, 2.45) is 5.92 Å². The van der Waals surface area contributed by atoms with Crippen molar-refractivity contribution in [2.45, 2.75) is 52.5 Å². The molecule has 1 aliphatic heterocycles. The third-order valence-corrected chi connectivity index (χ3v) is 5.09. The summed E-state index contributed by atoms with van der Waals surface area (Å²) in [6.45, 7) is 6.16. The number of nitrogens with zero attached hydrogens (tertiary/aromatic N) is 2. The molecule has 2 heterocycles. The van der Waals surface area contributed by atoms with E-state index in [1.54, 1.807) is 0 Å². The Hall–Kier alpha value is -2.63. The summed E-state index contributed by atoms with van der Waals surface area (Å²) >= 11 is 0. The first-order chi connectivity index (χ1) is 13.6. The number of fused-ring (bicyclic) bond motifs is 1. The average Bonchev–Trinajstić information content (AvgIpc) is 3.08. The summed E-state index contributed by atoms with van der Waals surface area (Å²) < 4.78 is 1.93. The number of imidazole rings is 1. The molecule has 1 aromatic heterocycles. The fourth-order valence-electron chi connectivity index (χ4n) is 3.50. The van der Waals surface area contributed by atoms with Gasteiger partial charge in [-0.05, 0) is 43.6 Å². The molecule has 2 N–H and O–H groups in total. The standard InChI is InChI=1S/C22H30N4O2/c1-16(2)11-13-24-22(28)20-25-19(18-10-6-7-15-26(18)20)21(27)23-14-12-17-8-4-3-5-9-17/h3-5,8-9,16H,6-7,10-15H2,1-2H3,(H,23,27)(H,24,28). The van der Waals surface area contributed by atoms with E-state index in [-0.39, 0.29) is 11.8 Å². The number of carbonyl (C=O) groups is 2. The molecule has 6 nitrogen and oxygen atoms in total. The lowest BCUT2D eigenvalue weighted by molar-refractivity contribution is 0.0936. The summed E-state index contributed by atoms with van der Waals surface area (Å²) in [6.07, 6.45) is 4.50. The van der Waals surface area contributed by atoms with Crippen LogP contribution in [0.15, 0.2) is 30.3 Å². The fourth-order valence-corrected chi connectivity index (χ4v) is 3.50. The molecule has 0 unspecified atom stereocenters. The number of hydrogen-bond acceptors (Lipinski definition) is 3. The van der Waals surface area contributed by atoms with Crippen molar-refractivity contribution in [1.82, 2.24) is 20.2 Å². The maximum absolute atomic E-state index is 12.7. The van der Waals surface area contributed by atoms with E-state index < -0.39 is 0 Å². The Labute approximate surface area is 166 Å². The topological polar surface area (TPSA) is 76.0 Å². The molecule has 0 saturated heterocycles. The molecule has 0 aliphatic carbocycles. The number of nitrogens with one attached hydrogen (secondary N) is 2. The maximum Gasteiger partial charge on any atom is 0.287 e. The third-order valence-electron chi connectivity index (χ3n) is 5.09. The van der Waals surface area contributed by atoms with Crippen LogP contribution >= 0.6 is 0 Å². The lowest BCUT2D eigenvalue weighted by Gasteiger charge is -2.17. The minimum absolute atomic E-state index is 0.188. The Morgan fingerprint density at radius 3 is 2.57 bits per heavy atom. The van der Waals surface area contributed by atoms with Crippen molar-refractivity contribution in [1.29, 1.82) is 0 Å². The fraction of sp³-hybridized carbons (Fsp3) is 0.500. The van der Waals surface area contributed by atoms with E-state index in [2.05, 4.69) is 29.5 Å². The second-order valence-corrected chi connectivity index (χ2v) is 7.77. The molecule has 6 heteroatoms. The highest BCUT2D eigenvalue weighted by atomic mass is 16.2. The second kappa shape index (κ2) is 9.53. The Kier molecular flexibility index (Phi) is 6.85. The predicted molar refractivity (Wildman–Crippen MR) is 109 cm³/mol. The summed E-state index contributed by atoms with van der Waals surface area (Å²) in [5.74, 6) is 0.516. The average molecular weight is 383 g/mol. The van der Waals surface area contributed by atoms with Crippen LogP contribution in [0, 0.1) is 5.92 Å². The molecule has 3 rings (SSSR count). The number of benzene rings is 1. The van der Waals surface area contributed by atoms with Crippen molar-refractivity contribution < 1.29 is 9.59 Å². The molecule has 2 amide bonds. The van der Waals surface area contributed by atoms with Crippen LogP contribution in [0.1, 0.15) is 65.5 Å². The Balaban J connectivity index is 1.67. The van der Waals surface area contributed by atoms with Gasteiger partial charge in [-0.2, -0.15) is 0 Å². The number of carbonyl (C=O) groups excluding carboxylic acids is 2. The molecule has 0 atom stereocenters. The van der Waals surface area contributed by atoms with Crippen LogP contribution in [0.4, 0.5) is 0 Å². The Morgan fingerprint density at radius 1 is 1.07 bits per heavy atom. The van der Waals surface area contributed by atoms with Gasteiger partial charge in [0.05, 0.1) is 5.69 Å². The van der Waals surface area contributed by atoms with Crippen LogP contribution in [0.3, 0.4) is 0 Å². The van der Waals surface area contributed by atoms with Crippen molar-refractivity contribution in [3.63, 3.8) is 0 Å². The van der Waals surface area contributed by atoms with Crippen LogP contribution in [0.5, 0.6) is 0 Å². The highest BCUT2D eigenvalue weighted by Crippen LogP contribution is 2.21. The monoisotopic (exact) mass is 382 g/mol. The lowest BCUT2D eigenvalue weighted by atomic mass is 10.1. The molecular formula is C22H30N4O2. The van der Waals surface area contributed by atoms with E-state index in [1.807, 2.05) is 34.9 Å². The van der Waals surface area contributed by atoms with Gasteiger partial charge in [0.25, 0.3) is 11.8 Å². The molecular weight excluding hydrogens is 352 g/mol. The van der Waals surface area contributed by atoms with E-state index in [0.29, 0.717) is 30.5 Å². The summed E-state index contributed by atoms with van der Waals surface area (Å²) in [5.41, 5.74) is 2.47. The van der Waals surface area contributed by atoms with Gasteiger partial charge in [-0.1, -0.05) is 44.2 Å². The third kappa shape index (κ3) is 5.00. The van der Waals surface area contributed by atoms with Gasteiger partial charge in [-0.25, -0.2) is 4.98 Å². The van der Waals surface area contributed by atoms with Crippen molar-refractivity contribution in [3.05, 3.63) is 53.1 Å². The zero-order valence-corrected chi connectivity index (χ0v) is 16.8. The lowest BCUT2D eigenvalue weighted by Crippen LogP contribution is -2.29. The number of hydrogen-bond donors (Lipinski definition) is 2. The molecule has 0 saturated carbocycles. The number of amides is 2. The molecule has 0 fully saturated rings. The van der Waals surface area contributed by atoms with E-state index in [9.17, 15) is 9.59 Å². The molecule has 1 aliphatic rings. The molecule has 1 aromatic carbocycles. The highest BCUT2D eigenvalue weighted by Gasteiger charge is 2.27. The smallest absolute Gasteiger partial charge is 0.287 e. The van der Waals surface area contributed by atoms with Crippen molar-refractivity contribution in [3.8, 4) is 0 Å². The highest BCUT2D eigenvalue weighted by molar-refractivity contribution is 5.97. The summed E-state index contributed by atoms with van der Waals surface area (Å²) in [5, 5.41) is 5.90. The zero-order valence-electron chi connectivity index (χ0n) is 16.8. The van der Waals surface area contributed by atoms with Gasteiger partial charge in [0.15, 0.2) is 5.82 Å². The van der Waals surface area contributed by atoms with Gasteiger partial charge in [0, 0.05) is 19.6 Å². The quantitative estimate of drug-likeness (QED) is 0.737. The van der Waals surface area contributed by atoms with Crippen LogP contribution in [0.25, 0.3) is 0 Å². The first kappa shape index (κ1) is 20.1. The first-order valence-corrected chi connectivity index (χ1v) is 10.3. The van der Waals surface area contributed by atoms with E-state index in [4.69, 9.17) is 0 Å². The zero-order chi connectivity index (χ0) is 19.9. The number of rotatable bonds is 8. The maximum atomic E-state index is 12.7. The molecule has 2 aromatic rings. The predicted octanol–water partition coefficient (Wildman–Crippen LogP) is 2.97. The molecule has 0 bridgehead atoms. The van der Waals surface area contributed by atoms with Crippen molar-refractivity contribution in [2.75, 3.05) is 13.1 Å². The van der Waals surface area contributed by atoms with Crippen molar-refractivity contribution >= 4 is 11.8 Å². The van der Waals surface area contributed by atoms with E-state index in [1.165, 1.54) is 5.56 Å². The Bertz CT molecular complexity index is 811. The van der Waals surface area contributed by atoms with Gasteiger partial charge in [0.1, 0.15) is 5.69 Å². The van der Waals surface area contributed by atoms with Gasteiger partial charge in [-0.3, -0.25) is 9.59 Å². The van der Waals surface area contributed by atoms with Crippen LogP contribution < -0.4 is 10.6 Å². The molecule has 150 valence electrons. The minimum atomic E-state index is -0.192. The van der Waals surface area contributed by atoms with Gasteiger partial charge in [0.2, 0.25) is 0 Å². The van der Waals surface area contributed by atoms with Gasteiger partial charge in [-0.15, -0.1) is 0 Å².